The van der Waals surface area contributed by atoms with Crippen molar-refractivity contribution < 1.29 is 18.4 Å². The molecule has 1 aliphatic rings. The Morgan fingerprint density at radius 2 is 1.88 bits per heavy atom. The Bertz CT molecular complexity index is 917. The number of hydroxylamine groups is 1. The number of hydrogen-bond acceptors (Lipinski definition) is 5. The molecule has 132 valence electrons. The van der Waals surface area contributed by atoms with Gasteiger partial charge in [0.25, 0.3) is 0 Å². The quantitative estimate of drug-likeness (QED) is 0.751. The normalized spacial score (nSPS) is 16.2. The Hall–Kier alpha value is -3.12. The second kappa shape index (κ2) is 7.01. The molecule has 1 unspecified atom stereocenters. The molecule has 1 aromatic heterocycles. The number of rotatable bonds is 5. The molecule has 2 heterocycles. The van der Waals surface area contributed by atoms with Gasteiger partial charge in [-0.05, 0) is 35.4 Å². The highest BCUT2D eigenvalue weighted by Crippen LogP contribution is 2.33. The first-order valence-corrected chi connectivity index (χ1v) is 8.17. The first kappa shape index (κ1) is 16.4. The summed E-state index contributed by atoms with van der Waals surface area (Å²) in [4.78, 5) is 9.83. The monoisotopic (exact) mass is 352 g/mol. The van der Waals surface area contributed by atoms with Crippen molar-refractivity contribution >= 4 is 5.57 Å². The van der Waals surface area contributed by atoms with Crippen molar-refractivity contribution in [3.63, 3.8) is 0 Å². The van der Waals surface area contributed by atoms with Gasteiger partial charge in [0, 0.05) is 12.0 Å². The molecule has 0 saturated heterocycles. The lowest BCUT2D eigenvalue weighted by atomic mass is 9.99. The standard InChI is InChI=1S/C20H17FN2O3/c1-24-16-8-2-13(3-9-16)10-19-22-18(12-25-19)20-17(11-26-23-20)14-4-6-15(21)7-5-14/h2-9,11-12,20,23H,10H2,1H3. The molecule has 0 amide bonds. The predicted octanol–water partition coefficient (Wildman–Crippen LogP) is 4.03. The van der Waals surface area contributed by atoms with Gasteiger partial charge in [-0.2, -0.15) is 0 Å². The van der Waals surface area contributed by atoms with Crippen LogP contribution in [0.5, 0.6) is 5.75 Å². The van der Waals surface area contributed by atoms with Crippen LogP contribution in [0.3, 0.4) is 0 Å². The zero-order chi connectivity index (χ0) is 17.9. The average Bonchev–Trinajstić information content (AvgIpc) is 3.32. The maximum atomic E-state index is 13.2. The topological polar surface area (TPSA) is 56.5 Å². The molecule has 0 bridgehead atoms. The predicted molar refractivity (Wildman–Crippen MR) is 93.6 cm³/mol. The first-order valence-electron chi connectivity index (χ1n) is 8.17. The molecule has 3 aromatic rings. The Morgan fingerprint density at radius 3 is 2.62 bits per heavy atom. The van der Waals surface area contributed by atoms with E-state index < -0.39 is 0 Å². The van der Waals surface area contributed by atoms with Crippen molar-refractivity contribution in [3.8, 4) is 5.75 Å². The van der Waals surface area contributed by atoms with Crippen molar-refractivity contribution in [2.24, 2.45) is 0 Å². The van der Waals surface area contributed by atoms with Gasteiger partial charge in [0.05, 0.1) is 7.11 Å². The Morgan fingerprint density at radius 1 is 1.12 bits per heavy atom. The summed E-state index contributed by atoms with van der Waals surface area (Å²) >= 11 is 0. The van der Waals surface area contributed by atoms with Gasteiger partial charge in [0.15, 0.2) is 5.89 Å². The number of methoxy groups -OCH3 is 1. The zero-order valence-electron chi connectivity index (χ0n) is 14.1. The SMILES string of the molecule is COc1ccc(Cc2nc(C3NOC=C3c3ccc(F)cc3)co2)cc1. The summed E-state index contributed by atoms with van der Waals surface area (Å²) in [6, 6.07) is 13.8. The van der Waals surface area contributed by atoms with E-state index in [9.17, 15) is 4.39 Å². The minimum absolute atomic E-state index is 0.270. The fourth-order valence-electron chi connectivity index (χ4n) is 2.85. The molecule has 5 nitrogen and oxygen atoms in total. The summed E-state index contributed by atoms with van der Waals surface area (Å²) in [5, 5.41) is 0. The van der Waals surface area contributed by atoms with Crippen LogP contribution in [0.4, 0.5) is 4.39 Å². The molecule has 2 aromatic carbocycles. The molecule has 0 aliphatic carbocycles. The summed E-state index contributed by atoms with van der Waals surface area (Å²) in [5.74, 6) is 1.14. The summed E-state index contributed by atoms with van der Waals surface area (Å²) in [5.41, 5.74) is 6.42. The number of nitrogens with one attached hydrogen (secondary N) is 1. The fraction of sp³-hybridized carbons (Fsp3) is 0.150. The van der Waals surface area contributed by atoms with Crippen molar-refractivity contribution in [3.05, 3.63) is 89.6 Å². The van der Waals surface area contributed by atoms with Crippen LogP contribution in [0.25, 0.3) is 5.57 Å². The maximum Gasteiger partial charge on any atom is 0.198 e. The highest BCUT2D eigenvalue weighted by molar-refractivity contribution is 5.70. The second-order valence-corrected chi connectivity index (χ2v) is 5.94. The highest BCUT2D eigenvalue weighted by atomic mass is 19.1. The summed E-state index contributed by atoms with van der Waals surface area (Å²) in [7, 11) is 1.64. The van der Waals surface area contributed by atoms with Crippen molar-refractivity contribution in [1.82, 2.24) is 10.5 Å². The number of nitrogens with zero attached hydrogens (tertiary/aromatic N) is 1. The lowest BCUT2D eigenvalue weighted by Crippen LogP contribution is -2.15. The number of ether oxygens (including phenoxy) is 1. The highest BCUT2D eigenvalue weighted by Gasteiger charge is 2.27. The molecule has 1 N–H and O–H groups in total. The van der Waals surface area contributed by atoms with Gasteiger partial charge in [0.1, 0.15) is 35.8 Å². The molecule has 0 spiro atoms. The molecule has 6 heteroatoms. The third kappa shape index (κ3) is 3.32. The summed E-state index contributed by atoms with van der Waals surface area (Å²) in [6.45, 7) is 0. The van der Waals surface area contributed by atoms with Gasteiger partial charge in [-0.15, -0.1) is 5.48 Å². The molecular weight excluding hydrogens is 335 g/mol. The van der Waals surface area contributed by atoms with Gasteiger partial charge >= 0.3 is 0 Å². The first-order chi connectivity index (χ1) is 12.7. The molecule has 1 aliphatic heterocycles. The van der Waals surface area contributed by atoms with E-state index in [4.69, 9.17) is 14.0 Å². The summed E-state index contributed by atoms with van der Waals surface area (Å²) in [6.07, 6.45) is 3.80. The van der Waals surface area contributed by atoms with Crippen LogP contribution in [-0.4, -0.2) is 12.1 Å². The fourth-order valence-corrected chi connectivity index (χ4v) is 2.85. The molecule has 0 saturated carbocycles. The molecule has 0 radical (unpaired) electrons. The van der Waals surface area contributed by atoms with Crippen LogP contribution in [0.15, 0.2) is 65.5 Å². The smallest absolute Gasteiger partial charge is 0.198 e. The van der Waals surface area contributed by atoms with Crippen LogP contribution >= 0.6 is 0 Å². The Balaban J connectivity index is 1.51. The lowest BCUT2D eigenvalue weighted by Gasteiger charge is -2.10. The lowest BCUT2D eigenvalue weighted by molar-refractivity contribution is 0.141. The minimum Gasteiger partial charge on any atom is -0.497 e. The third-order valence-corrected chi connectivity index (χ3v) is 4.24. The minimum atomic E-state index is -0.277. The van der Waals surface area contributed by atoms with E-state index >= 15 is 0 Å². The van der Waals surface area contributed by atoms with Crippen molar-refractivity contribution in [2.45, 2.75) is 12.5 Å². The van der Waals surface area contributed by atoms with Crippen LogP contribution in [0.1, 0.15) is 28.8 Å². The second-order valence-electron chi connectivity index (χ2n) is 5.94. The number of aromatic nitrogens is 1. The van der Waals surface area contributed by atoms with Crippen molar-refractivity contribution in [1.29, 1.82) is 0 Å². The largest absolute Gasteiger partial charge is 0.497 e. The number of hydrogen-bond donors (Lipinski definition) is 1. The Kier molecular flexibility index (Phi) is 4.41. The maximum absolute atomic E-state index is 13.2. The van der Waals surface area contributed by atoms with Gasteiger partial charge in [-0.3, -0.25) is 0 Å². The third-order valence-electron chi connectivity index (χ3n) is 4.24. The van der Waals surface area contributed by atoms with E-state index in [1.165, 1.54) is 12.1 Å². The van der Waals surface area contributed by atoms with Crippen LogP contribution < -0.4 is 10.2 Å². The van der Waals surface area contributed by atoms with Crippen LogP contribution in [0, 0.1) is 5.82 Å². The van der Waals surface area contributed by atoms with E-state index in [1.54, 1.807) is 31.8 Å². The van der Waals surface area contributed by atoms with E-state index in [0.29, 0.717) is 18.0 Å². The van der Waals surface area contributed by atoms with E-state index in [-0.39, 0.29) is 11.9 Å². The van der Waals surface area contributed by atoms with Gasteiger partial charge in [0.2, 0.25) is 0 Å². The Labute approximate surface area is 150 Å². The van der Waals surface area contributed by atoms with E-state index in [1.807, 2.05) is 24.3 Å². The number of halogens is 1. The zero-order valence-corrected chi connectivity index (χ0v) is 14.1. The van der Waals surface area contributed by atoms with Crippen molar-refractivity contribution in [2.75, 3.05) is 7.11 Å². The van der Waals surface area contributed by atoms with E-state index in [0.717, 1.165) is 22.4 Å². The van der Waals surface area contributed by atoms with Gasteiger partial charge < -0.3 is 14.0 Å². The molecule has 26 heavy (non-hydrogen) atoms. The molecule has 1 atom stereocenters. The summed E-state index contributed by atoms with van der Waals surface area (Å²) < 4.78 is 23.9. The van der Waals surface area contributed by atoms with Gasteiger partial charge in [-0.1, -0.05) is 24.3 Å². The van der Waals surface area contributed by atoms with Crippen LogP contribution in [0.2, 0.25) is 0 Å². The molecular formula is C20H17FN2O3. The van der Waals surface area contributed by atoms with E-state index in [2.05, 4.69) is 10.5 Å². The van der Waals surface area contributed by atoms with Gasteiger partial charge in [-0.25, -0.2) is 9.37 Å². The average molecular weight is 352 g/mol. The molecule has 4 rings (SSSR count). The molecule has 0 fully saturated rings. The number of benzene rings is 2. The van der Waals surface area contributed by atoms with Crippen LogP contribution in [-0.2, 0) is 11.3 Å². The number of oxazole rings is 1.